The second-order valence-electron chi connectivity index (χ2n) is 16.7. The van der Waals surface area contributed by atoms with E-state index in [-0.39, 0.29) is 31.9 Å². The molecule has 0 saturated heterocycles. The zero-order valence-electron chi connectivity index (χ0n) is 32.6. The molecule has 0 aliphatic carbocycles. The van der Waals surface area contributed by atoms with Crippen LogP contribution in [-0.2, 0) is 27.5 Å². The predicted octanol–water partition coefficient (Wildman–Crippen LogP) is 12.4. The van der Waals surface area contributed by atoms with E-state index in [1.54, 1.807) is 0 Å². The van der Waals surface area contributed by atoms with Crippen LogP contribution in [0.1, 0.15) is 83.8 Å². The van der Waals surface area contributed by atoms with Gasteiger partial charge in [0.2, 0.25) is 0 Å². The molecule has 0 spiro atoms. The Morgan fingerprint density at radius 3 is 2.23 bits per heavy atom. The van der Waals surface area contributed by atoms with E-state index in [9.17, 15) is 0 Å². The van der Waals surface area contributed by atoms with Gasteiger partial charge in [-0.25, -0.2) is 4.98 Å². The first kappa shape index (κ1) is 38.3. The molecule has 0 radical (unpaired) electrons. The van der Waals surface area contributed by atoms with Crippen LogP contribution in [0.5, 0.6) is 11.5 Å². The molecule has 53 heavy (non-hydrogen) atoms. The van der Waals surface area contributed by atoms with Gasteiger partial charge >= 0.3 is 21.1 Å². The standard InChI is InChI=1S/C47H50N4O.Pt/c1-30(31(2)47(8,9)10)36-19-22-42-41(26-36)40-21-20-39(28-43(40)50(42)44-25-34(23-24-48-44)29-46(5,6)7)52-38-18-14-17-37(27-38)51-33(4)45(32(3)49-51)35-15-12-11-13-16-35;/h11-26,30-31H,29H2,1-10H3;/q-2;+2. The quantitative estimate of drug-likeness (QED) is 0.143. The summed E-state index contributed by atoms with van der Waals surface area (Å²) in [6.45, 7) is 22.7. The van der Waals surface area contributed by atoms with Crippen molar-refractivity contribution in [2.45, 2.75) is 81.6 Å². The molecule has 0 aliphatic rings. The second kappa shape index (κ2) is 14.7. The van der Waals surface area contributed by atoms with Gasteiger partial charge in [-0.2, -0.15) is 17.2 Å². The molecule has 0 bridgehead atoms. The Kier molecular flexibility index (Phi) is 10.6. The first-order valence-corrected chi connectivity index (χ1v) is 18.5. The molecule has 2 unspecified atom stereocenters. The Hall–Kier alpha value is -4.47. The van der Waals surface area contributed by atoms with Crippen molar-refractivity contribution in [3.63, 3.8) is 0 Å². The number of pyridine rings is 1. The van der Waals surface area contributed by atoms with Crippen molar-refractivity contribution < 1.29 is 25.8 Å². The topological polar surface area (TPSA) is 44.9 Å². The van der Waals surface area contributed by atoms with Crippen molar-refractivity contribution in [2.75, 3.05) is 0 Å². The van der Waals surface area contributed by atoms with Crippen molar-refractivity contribution in [3.8, 4) is 34.1 Å². The van der Waals surface area contributed by atoms with E-state index in [0.29, 0.717) is 23.3 Å². The summed E-state index contributed by atoms with van der Waals surface area (Å²) in [7, 11) is 0. The Morgan fingerprint density at radius 1 is 0.774 bits per heavy atom. The van der Waals surface area contributed by atoms with Crippen LogP contribution in [0.25, 0.3) is 44.4 Å². The molecular weight excluding hydrogens is 832 g/mol. The summed E-state index contributed by atoms with van der Waals surface area (Å²) in [6, 6.07) is 38.9. The van der Waals surface area contributed by atoms with Gasteiger partial charge in [0.1, 0.15) is 5.82 Å². The molecule has 274 valence electrons. The number of nitrogens with zero attached hydrogens (tertiary/aromatic N) is 4. The first-order chi connectivity index (χ1) is 24.7. The fourth-order valence-electron chi connectivity index (χ4n) is 7.50. The van der Waals surface area contributed by atoms with Crippen LogP contribution in [0, 0.1) is 42.7 Å². The van der Waals surface area contributed by atoms with Gasteiger partial charge in [-0.15, -0.1) is 35.7 Å². The summed E-state index contributed by atoms with van der Waals surface area (Å²) < 4.78 is 10.7. The molecule has 0 N–H and O–H groups in total. The fraction of sp³-hybridized carbons (Fsp3) is 0.319. The summed E-state index contributed by atoms with van der Waals surface area (Å²) >= 11 is 0. The van der Waals surface area contributed by atoms with E-state index in [2.05, 4.69) is 147 Å². The minimum atomic E-state index is 0. The van der Waals surface area contributed by atoms with Crippen LogP contribution in [0.4, 0.5) is 0 Å². The smallest absolute Gasteiger partial charge is 0.509 e. The van der Waals surface area contributed by atoms with Crippen molar-refractivity contribution >= 4 is 21.8 Å². The molecule has 3 heterocycles. The van der Waals surface area contributed by atoms with E-state index in [1.165, 1.54) is 16.5 Å². The number of hydrogen-bond donors (Lipinski definition) is 0. The minimum absolute atomic E-state index is 0. The van der Waals surface area contributed by atoms with Crippen LogP contribution in [0.3, 0.4) is 0 Å². The largest absolute Gasteiger partial charge is 2.00 e. The number of hydrogen-bond acceptors (Lipinski definition) is 3. The minimum Gasteiger partial charge on any atom is -0.509 e. The molecule has 0 fully saturated rings. The molecule has 2 atom stereocenters. The number of aromatic nitrogens is 4. The number of fused-ring (bicyclic) bond motifs is 3. The predicted molar refractivity (Wildman–Crippen MR) is 215 cm³/mol. The normalized spacial score (nSPS) is 13.2. The number of rotatable bonds is 8. The first-order valence-electron chi connectivity index (χ1n) is 18.5. The van der Waals surface area contributed by atoms with E-state index < -0.39 is 0 Å². The third-order valence-electron chi connectivity index (χ3n) is 10.6. The molecule has 3 aromatic heterocycles. The average molecular weight is 882 g/mol. The van der Waals surface area contributed by atoms with Gasteiger partial charge < -0.3 is 9.30 Å². The number of aryl methyl sites for hydroxylation is 1. The van der Waals surface area contributed by atoms with Crippen LogP contribution in [0.2, 0.25) is 0 Å². The van der Waals surface area contributed by atoms with Gasteiger partial charge in [0.25, 0.3) is 0 Å². The summed E-state index contributed by atoms with van der Waals surface area (Å²) in [5, 5.41) is 7.21. The Morgan fingerprint density at radius 2 is 1.51 bits per heavy atom. The average Bonchev–Trinajstić information content (AvgIpc) is 3.59. The van der Waals surface area contributed by atoms with Crippen molar-refractivity contribution in [2.24, 2.45) is 16.7 Å². The summed E-state index contributed by atoms with van der Waals surface area (Å²) in [6.07, 6.45) is 2.89. The molecular formula is C47H50N4OPt. The Labute approximate surface area is 329 Å². The third-order valence-corrected chi connectivity index (χ3v) is 10.6. The summed E-state index contributed by atoms with van der Waals surface area (Å²) in [5.41, 5.74) is 10.1. The van der Waals surface area contributed by atoms with Gasteiger partial charge in [0, 0.05) is 34.5 Å². The van der Waals surface area contributed by atoms with Crippen LogP contribution in [0.15, 0.2) is 97.2 Å². The van der Waals surface area contributed by atoms with Gasteiger partial charge in [0.15, 0.2) is 0 Å². The number of benzene rings is 4. The van der Waals surface area contributed by atoms with Crippen molar-refractivity contribution in [1.29, 1.82) is 0 Å². The van der Waals surface area contributed by atoms with Crippen LogP contribution >= 0.6 is 0 Å². The molecule has 6 heteroatoms. The molecule has 0 aliphatic heterocycles. The number of ether oxygens (including phenoxy) is 1. The molecule has 7 rings (SSSR count). The zero-order chi connectivity index (χ0) is 36.9. The fourth-order valence-corrected chi connectivity index (χ4v) is 7.50. The Balaban J connectivity index is 0.00000481. The zero-order valence-corrected chi connectivity index (χ0v) is 34.9. The third kappa shape index (κ3) is 7.78. The second-order valence-corrected chi connectivity index (χ2v) is 16.7. The molecule has 7 aromatic rings. The van der Waals surface area contributed by atoms with E-state index in [0.717, 1.165) is 56.9 Å². The van der Waals surface area contributed by atoms with Gasteiger partial charge in [-0.3, -0.25) is 4.68 Å². The van der Waals surface area contributed by atoms with E-state index in [4.69, 9.17) is 14.8 Å². The maximum Gasteiger partial charge on any atom is 2.00 e. The van der Waals surface area contributed by atoms with Gasteiger partial charge in [-0.05, 0) is 88.9 Å². The molecule has 5 nitrogen and oxygen atoms in total. The molecule has 0 saturated carbocycles. The summed E-state index contributed by atoms with van der Waals surface area (Å²) in [4.78, 5) is 4.91. The Bertz CT molecular complexity index is 2390. The van der Waals surface area contributed by atoms with Gasteiger partial charge in [0.05, 0.1) is 5.69 Å². The van der Waals surface area contributed by atoms with E-state index in [1.807, 2.05) is 41.2 Å². The monoisotopic (exact) mass is 881 g/mol. The van der Waals surface area contributed by atoms with Crippen molar-refractivity contribution in [1.82, 2.24) is 19.3 Å². The maximum absolute atomic E-state index is 6.53. The molecule has 4 aromatic carbocycles. The van der Waals surface area contributed by atoms with Crippen LogP contribution in [-0.4, -0.2) is 19.3 Å². The summed E-state index contributed by atoms with van der Waals surface area (Å²) in [5.74, 6) is 3.00. The molecule has 0 amide bonds. The van der Waals surface area contributed by atoms with Crippen LogP contribution < -0.4 is 4.74 Å². The van der Waals surface area contributed by atoms with Crippen molar-refractivity contribution in [3.05, 3.63) is 132 Å². The van der Waals surface area contributed by atoms with E-state index >= 15 is 0 Å². The van der Waals surface area contributed by atoms with Gasteiger partial charge in [-0.1, -0.05) is 103 Å². The SMILES string of the molecule is Cc1nn(-c2[c-]c(Oc3[c-]c4c(cc3)c3cc(C(C)C(C)C(C)(C)C)ccc3n4-c3cc(CC(C)(C)C)ccn3)ccc2)c(C)c1-c1ccccc1.[Pt+2]. The maximum atomic E-state index is 6.53.